The molecule has 0 aliphatic heterocycles. The Morgan fingerprint density at radius 3 is 2.39 bits per heavy atom. The number of rotatable bonds is 5. The first kappa shape index (κ1) is 19.7. The summed E-state index contributed by atoms with van der Waals surface area (Å²) in [6, 6.07) is 12.3. The third kappa shape index (κ3) is 3.80. The van der Waals surface area contributed by atoms with Crippen LogP contribution in [-0.2, 0) is 14.8 Å². The van der Waals surface area contributed by atoms with E-state index in [1.807, 2.05) is 0 Å². The number of ether oxygens (including phenoxy) is 1. The molecule has 0 spiro atoms. The predicted octanol–water partition coefficient (Wildman–Crippen LogP) is 2.09. The normalized spacial score (nSPS) is 12.9. The van der Waals surface area contributed by atoms with Gasteiger partial charge in [0.1, 0.15) is 0 Å². The number of aromatic nitrogens is 2. The minimum Gasteiger partial charge on any atom is -0.451 e. The number of fused-ring (bicyclic) bond motifs is 1. The van der Waals surface area contributed by atoms with Crippen LogP contribution in [0.2, 0.25) is 0 Å². The first-order valence-electron chi connectivity index (χ1n) is 8.42. The quantitative estimate of drug-likeness (QED) is 0.656. The van der Waals surface area contributed by atoms with E-state index in [0.29, 0.717) is 10.9 Å². The van der Waals surface area contributed by atoms with E-state index in [0.717, 1.165) is 4.31 Å². The molecule has 3 aromatic rings. The third-order valence-corrected chi connectivity index (χ3v) is 6.00. The van der Waals surface area contributed by atoms with Gasteiger partial charge in [-0.3, -0.25) is 4.79 Å². The van der Waals surface area contributed by atoms with Gasteiger partial charge in [-0.2, -0.15) is 0 Å². The molecule has 0 unspecified atom stereocenters. The van der Waals surface area contributed by atoms with Gasteiger partial charge in [0.15, 0.2) is 11.9 Å². The minimum atomic E-state index is -3.58. The lowest BCUT2D eigenvalue weighted by molar-refractivity contribution is 0.0320. The molecule has 146 valence electrons. The zero-order valence-corrected chi connectivity index (χ0v) is 16.4. The van der Waals surface area contributed by atoms with Crippen LogP contribution in [0, 0.1) is 0 Å². The number of benzene rings is 2. The molecule has 0 bridgehead atoms. The Balaban J connectivity index is 1.80. The van der Waals surface area contributed by atoms with Crippen LogP contribution in [0.4, 0.5) is 0 Å². The van der Waals surface area contributed by atoms with Gasteiger partial charge in [-0.1, -0.05) is 12.1 Å². The van der Waals surface area contributed by atoms with E-state index in [4.69, 9.17) is 4.74 Å². The number of nitrogens with zero attached hydrogens (tertiary/aromatic N) is 2. The van der Waals surface area contributed by atoms with E-state index in [-0.39, 0.29) is 21.8 Å². The highest BCUT2D eigenvalue weighted by molar-refractivity contribution is 7.89. The Morgan fingerprint density at radius 1 is 1.11 bits per heavy atom. The van der Waals surface area contributed by atoms with Crippen molar-refractivity contribution in [3.05, 3.63) is 70.3 Å². The fraction of sp³-hybridized carbons (Fsp3) is 0.211. The number of carbonyl (C=O) groups excluding carboxylic acids is 1. The van der Waals surface area contributed by atoms with Crippen LogP contribution in [-0.4, -0.2) is 42.8 Å². The van der Waals surface area contributed by atoms with Crippen LogP contribution in [0.5, 0.6) is 0 Å². The predicted molar refractivity (Wildman–Crippen MR) is 104 cm³/mol. The standard InChI is InChI=1S/C19H19N3O5S/c1-12(17-20-16-7-5-4-6-15(16)18(23)21-17)27-19(24)13-8-10-14(11-9-13)28(25,26)22(2)3/h4-12H,1-3H3,(H,20,21,23)/t12-/m1/s1. The van der Waals surface area contributed by atoms with E-state index in [2.05, 4.69) is 9.97 Å². The summed E-state index contributed by atoms with van der Waals surface area (Å²) in [5.74, 6) is -0.430. The zero-order chi connectivity index (χ0) is 20.5. The highest BCUT2D eigenvalue weighted by Gasteiger charge is 2.20. The van der Waals surface area contributed by atoms with Crippen LogP contribution >= 0.6 is 0 Å². The molecule has 0 radical (unpaired) electrons. The Labute approximate surface area is 161 Å². The second-order valence-corrected chi connectivity index (χ2v) is 8.48. The van der Waals surface area contributed by atoms with E-state index in [1.54, 1.807) is 31.2 Å². The highest BCUT2D eigenvalue weighted by Crippen LogP contribution is 2.18. The van der Waals surface area contributed by atoms with Crippen LogP contribution in [0.25, 0.3) is 10.9 Å². The summed E-state index contributed by atoms with van der Waals surface area (Å²) in [5.41, 5.74) is 0.372. The Bertz CT molecular complexity index is 1180. The molecule has 0 saturated heterocycles. The first-order valence-corrected chi connectivity index (χ1v) is 9.86. The van der Waals surface area contributed by atoms with Crippen molar-refractivity contribution in [3.63, 3.8) is 0 Å². The molecule has 9 heteroatoms. The SMILES string of the molecule is C[C@@H](OC(=O)c1ccc(S(=O)(=O)N(C)C)cc1)c1nc2ccccc2c(=O)[nH]1. The molecule has 0 saturated carbocycles. The maximum absolute atomic E-state index is 12.4. The largest absolute Gasteiger partial charge is 0.451 e. The molecule has 2 aromatic carbocycles. The lowest BCUT2D eigenvalue weighted by Crippen LogP contribution is -2.22. The van der Waals surface area contributed by atoms with Crippen molar-refractivity contribution in [1.82, 2.24) is 14.3 Å². The molecule has 0 aliphatic carbocycles. The number of para-hydroxylation sites is 1. The lowest BCUT2D eigenvalue weighted by Gasteiger charge is -2.14. The molecule has 1 heterocycles. The fourth-order valence-corrected chi connectivity index (χ4v) is 3.46. The van der Waals surface area contributed by atoms with Crippen LogP contribution < -0.4 is 5.56 Å². The van der Waals surface area contributed by atoms with Crippen molar-refractivity contribution in [2.45, 2.75) is 17.9 Å². The number of H-pyrrole nitrogens is 1. The van der Waals surface area contributed by atoms with Crippen LogP contribution in [0.15, 0.2) is 58.2 Å². The third-order valence-electron chi connectivity index (χ3n) is 4.17. The van der Waals surface area contributed by atoms with Crippen molar-refractivity contribution in [2.75, 3.05) is 14.1 Å². The van der Waals surface area contributed by atoms with Gasteiger partial charge < -0.3 is 9.72 Å². The van der Waals surface area contributed by atoms with Crippen molar-refractivity contribution in [2.24, 2.45) is 0 Å². The number of hydrogen-bond acceptors (Lipinski definition) is 6. The second-order valence-electron chi connectivity index (χ2n) is 6.33. The van der Waals surface area contributed by atoms with E-state index in [1.165, 1.54) is 38.4 Å². The zero-order valence-electron chi connectivity index (χ0n) is 15.5. The Morgan fingerprint density at radius 2 is 1.75 bits per heavy atom. The van der Waals surface area contributed by atoms with Crippen molar-refractivity contribution >= 4 is 26.9 Å². The first-order chi connectivity index (χ1) is 13.2. The maximum Gasteiger partial charge on any atom is 0.338 e. The molecular weight excluding hydrogens is 382 g/mol. The molecule has 1 aromatic heterocycles. The molecule has 1 N–H and O–H groups in total. The van der Waals surface area contributed by atoms with E-state index in [9.17, 15) is 18.0 Å². The lowest BCUT2D eigenvalue weighted by atomic mass is 10.2. The van der Waals surface area contributed by atoms with Gasteiger partial charge >= 0.3 is 5.97 Å². The number of esters is 1. The van der Waals surface area contributed by atoms with Gasteiger partial charge in [0.25, 0.3) is 5.56 Å². The summed E-state index contributed by atoms with van der Waals surface area (Å²) in [6.45, 7) is 1.59. The molecule has 28 heavy (non-hydrogen) atoms. The minimum absolute atomic E-state index is 0.0719. The number of nitrogens with one attached hydrogen (secondary N) is 1. The van der Waals surface area contributed by atoms with E-state index < -0.39 is 22.1 Å². The number of aromatic amines is 1. The molecule has 8 nitrogen and oxygen atoms in total. The fourth-order valence-electron chi connectivity index (χ4n) is 2.56. The van der Waals surface area contributed by atoms with Gasteiger partial charge in [0.2, 0.25) is 10.0 Å². The van der Waals surface area contributed by atoms with Crippen molar-refractivity contribution in [3.8, 4) is 0 Å². The molecule has 0 aliphatic rings. The number of carbonyl (C=O) groups is 1. The molecule has 1 atom stereocenters. The van der Waals surface area contributed by atoms with Gasteiger partial charge in [0, 0.05) is 14.1 Å². The van der Waals surface area contributed by atoms with Gasteiger partial charge in [-0.15, -0.1) is 0 Å². The second kappa shape index (κ2) is 7.53. The summed E-state index contributed by atoms with van der Waals surface area (Å²) < 4.78 is 30.6. The Hall–Kier alpha value is -3.04. The summed E-state index contributed by atoms with van der Waals surface area (Å²) in [4.78, 5) is 31.5. The summed E-state index contributed by atoms with van der Waals surface area (Å²) in [6.07, 6.45) is -0.796. The monoisotopic (exact) mass is 401 g/mol. The number of sulfonamides is 1. The molecule has 3 rings (SSSR count). The van der Waals surface area contributed by atoms with Gasteiger partial charge in [-0.25, -0.2) is 22.5 Å². The maximum atomic E-state index is 12.4. The highest BCUT2D eigenvalue weighted by atomic mass is 32.2. The van der Waals surface area contributed by atoms with Crippen LogP contribution in [0.1, 0.15) is 29.2 Å². The molecular formula is C19H19N3O5S. The molecule has 0 amide bonds. The average Bonchev–Trinajstić information content (AvgIpc) is 2.67. The van der Waals surface area contributed by atoms with Crippen molar-refractivity contribution < 1.29 is 17.9 Å². The average molecular weight is 401 g/mol. The topological polar surface area (TPSA) is 109 Å². The van der Waals surface area contributed by atoms with Crippen LogP contribution in [0.3, 0.4) is 0 Å². The van der Waals surface area contributed by atoms with E-state index >= 15 is 0 Å². The van der Waals surface area contributed by atoms with Gasteiger partial charge in [-0.05, 0) is 43.3 Å². The smallest absolute Gasteiger partial charge is 0.338 e. The summed E-state index contributed by atoms with van der Waals surface area (Å²) in [5, 5.41) is 0.447. The molecule has 0 fully saturated rings. The Kier molecular flexibility index (Phi) is 5.30. The number of hydrogen-bond donors (Lipinski definition) is 1. The summed E-state index contributed by atoms with van der Waals surface area (Å²) in [7, 11) is -0.725. The van der Waals surface area contributed by atoms with Crippen molar-refractivity contribution in [1.29, 1.82) is 0 Å². The summed E-state index contributed by atoms with van der Waals surface area (Å²) >= 11 is 0. The van der Waals surface area contributed by atoms with Gasteiger partial charge in [0.05, 0.1) is 21.4 Å².